The van der Waals surface area contributed by atoms with Crippen molar-refractivity contribution in [2.24, 2.45) is 0 Å². The van der Waals surface area contributed by atoms with Gasteiger partial charge in [0.2, 0.25) is 0 Å². The number of pyridine rings is 1. The van der Waals surface area contributed by atoms with Crippen molar-refractivity contribution in [2.75, 3.05) is 38.5 Å². The highest BCUT2D eigenvalue weighted by molar-refractivity contribution is 5.90. The van der Waals surface area contributed by atoms with Crippen LogP contribution < -0.4 is 16.0 Å². The third kappa shape index (κ3) is 6.81. The lowest BCUT2D eigenvalue weighted by atomic mass is 9.95. The standard InChI is InChI=1S/C33H33F3N10O/c1-21-27(28-10-13-40-46(28)26-8-6-22(19-37)7-9-26)20-45-30(29(21)23-4-3-5-24(18-23)33(34,35)36)41-31(43-45)42-32(47)39-14-17-44-15-11-25(38-2)12-16-44/h3-10,13,18,20,25,38H,11-12,14-17H2,1-2H3,(H2,39,42,43,47). The smallest absolute Gasteiger partial charge is 0.337 e. The molecule has 1 aliphatic rings. The molecule has 5 aromatic rings. The van der Waals surface area contributed by atoms with Crippen molar-refractivity contribution in [3.63, 3.8) is 0 Å². The highest BCUT2D eigenvalue weighted by Crippen LogP contribution is 2.38. The molecule has 0 aliphatic carbocycles. The molecule has 47 heavy (non-hydrogen) atoms. The molecule has 1 fully saturated rings. The fraction of sp³-hybridized carbons (Fsp3) is 0.303. The van der Waals surface area contributed by atoms with E-state index in [1.165, 1.54) is 10.6 Å². The summed E-state index contributed by atoms with van der Waals surface area (Å²) in [6, 6.07) is 15.8. The highest BCUT2D eigenvalue weighted by Gasteiger charge is 2.31. The minimum absolute atomic E-state index is 0.00251. The molecule has 1 saturated heterocycles. The normalized spacial score (nSPS) is 14.3. The van der Waals surface area contributed by atoms with Crippen molar-refractivity contribution < 1.29 is 18.0 Å². The Labute approximate surface area is 269 Å². The van der Waals surface area contributed by atoms with Crippen LogP contribution in [0.15, 0.2) is 67.0 Å². The Bertz CT molecular complexity index is 1930. The maximum absolute atomic E-state index is 13.8. The van der Waals surface area contributed by atoms with Gasteiger partial charge in [0.1, 0.15) is 0 Å². The summed E-state index contributed by atoms with van der Waals surface area (Å²) in [7, 11) is 1.97. The molecule has 6 rings (SSSR count). The van der Waals surface area contributed by atoms with Crippen molar-refractivity contribution >= 4 is 17.6 Å². The van der Waals surface area contributed by atoms with Gasteiger partial charge in [-0.25, -0.2) is 14.0 Å². The van der Waals surface area contributed by atoms with E-state index in [1.807, 2.05) is 7.05 Å². The molecule has 242 valence electrons. The Morgan fingerprint density at radius 3 is 2.57 bits per heavy atom. The lowest BCUT2D eigenvalue weighted by Crippen LogP contribution is -2.44. The summed E-state index contributed by atoms with van der Waals surface area (Å²) in [6.07, 6.45) is 0.884. The number of nitrogens with one attached hydrogen (secondary N) is 3. The zero-order valence-electron chi connectivity index (χ0n) is 25.8. The molecule has 0 unspecified atom stereocenters. The van der Waals surface area contributed by atoms with E-state index in [1.54, 1.807) is 60.4 Å². The van der Waals surface area contributed by atoms with Crippen molar-refractivity contribution in [1.82, 2.24) is 39.9 Å². The average Bonchev–Trinajstić information content (AvgIpc) is 3.71. The number of benzene rings is 2. The minimum atomic E-state index is -4.55. The number of alkyl halides is 3. The van der Waals surface area contributed by atoms with E-state index in [-0.39, 0.29) is 11.6 Å². The van der Waals surface area contributed by atoms with Gasteiger partial charge in [0.05, 0.1) is 34.8 Å². The summed E-state index contributed by atoms with van der Waals surface area (Å²) in [6.45, 7) is 4.84. The molecular weight excluding hydrogens is 609 g/mol. The summed E-state index contributed by atoms with van der Waals surface area (Å²) in [5.41, 5.74) is 3.29. The van der Waals surface area contributed by atoms with Crippen LogP contribution in [-0.2, 0) is 6.18 Å². The summed E-state index contributed by atoms with van der Waals surface area (Å²) in [5, 5.41) is 27.0. The number of amides is 2. The number of piperidine rings is 1. The Morgan fingerprint density at radius 1 is 1.11 bits per heavy atom. The molecule has 1 aliphatic heterocycles. The predicted octanol–water partition coefficient (Wildman–Crippen LogP) is 5.25. The fourth-order valence-electron chi connectivity index (χ4n) is 5.92. The predicted molar refractivity (Wildman–Crippen MR) is 171 cm³/mol. The lowest BCUT2D eigenvalue weighted by molar-refractivity contribution is -0.137. The first-order valence-electron chi connectivity index (χ1n) is 15.2. The topological polar surface area (TPSA) is 128 Å². The molecule has 2 aromatic carbocycles. The van der Waals surface area contributed by atoms with E-state index in [0.29, 0.717) is 58.3 Å². The molecule has 2 amide bonds. The number of aromatic nitrogens is 5. The van der Waals surface area contributed by atoms with Crippen LogP contribution in [-0.4, -0.2) is 74.6 Å². The van der Waals surface area contributed by atoms with E-state index in [9.17, 15) is 23.2 Å². The summed E-state index contributed by atoms with van der Waals surface area (Å²) < 4.78 is 44.4. The van der Waals surface area contributed by atoms with E-state index in [2.05, 4.69) is 42.1 Å². The van der Waals surface area contributed by atoms with Crippen LogP contribution in [0.5, 0.6) is 0 Å². The van der Waals surface area contributed by atoms with Crippen LogP contribution in [0.4, 0.5) is 23.9 Å². The number of fused-ring (bicyclic) bond motifs is 1. The summed E-state index contributed by atoms with van der Waals surface area (Å²) in [4.78, 5) is 19.7. The zero-order chi connectivity index (χ0) is 33.1. The van der Waals surface area contributed by atoms with Crippen molar-refractivity contribution in [2.45, 2.75) is 32.0 Å². The van der Waals surface area contributed by atoms with Gasteiger partial charge in [-0.15, -0.1) is 5.10 Å². The van der Waals surface area contributed by atoms with E-state index in [0.717, 1.165) is 38.1 Å². The molecule has 0 atom stereocenters. The third-order valence-corrected chi connectivity index (χ3v) is 8.46. The van der Waals surface area contributed by atoms with E-state index < -0.39 is 17.8 Å². The number of anilines is 1. The second-order valence-electron chi connectivity index (χ2n) is 11.4. The Morgan fingerprint density at radius 2 is 1.87 bits per heavy atom. The second-order valence-corrected chi connectivity index (χ2v) is 11.4. The zero-order valence-corrected chi connectivity index (χ0v) is 25.8. The molecule has 3 aromatic heterocycles. The Balaban J connectivity index is 1.34. The quantitative estimate of drug-likeness (QED) is 0.211. The molecule has 0 spiro atoms. The maximum atomic E-state index is 13.8. The van der Waals surface area contributed by atoms with Gasteiger partial charge >= 0.3 is 12.2 Å². The second kappa shape index (κ2) is 13.2. The molecule has 4 heterocycles. The first-order chi connectivity index (χ1) is 22.6. The molecular formula is C33H33F3N10O. The van der Waals surface area contributed by atoms with Crippen LogP contribution >= 0.6 is 0 Å². The van der Waals surface area contributed by atoms with Gasteiger partial charge in [-0.3, -0.25) is 5.32 Å². The van der Waals surface area contributed by atoms with Crippen molar-refractivity contribution in [1.29, 1.82) is 5.26 Å². The van der Waals surface area contributed by atoms with Gasteiger partial charge in [-0.05, 0) is 93.5 Å². The van der Waals surface area contributed by atoms with Gasteiger partial charge in [0, 0.05) is 36.5 Å². The maximum Gasteiger partial charge on any atom is 0.416 e. The van der Waals surface area contributed by atoms with Gasteiger partial charge in [0.25, 0.3) is 5.95 Å². The summed E-state index contributed by atoms with van der Waals surface area (Å²) in [5.74, 6) is 0.00251. The molecule has 3 N–H and O–H groups in total. The Kier molecular flexibility index (Phi) is 8.93. The SMILES string of the molecule is CNC1CCN(CCNC(=O)Nc2nc3c(-c4cccc(C(F)(F)F)c4)c(C)c(-c4ccnn4-c4ccc(C#N)cc4)cn3n2)CC1. The minimum Gasteiger partial charge on any atom is -0.337 e. The number of nitrogens with zero attached hydrogens (tertiary/aromatic N) is 7. The number of carbonyl (C=O) groups excluding carboxylic acids is 1. The first-order valence-corrected chi connectivity index (χ1v) is 15.2. The molecule has 0 saturated carbocycles. The van der Waals surface area contributed by atoms with Crippen molar-refractivity contribution in [3.05, 3.63) is 83.7 Å². The molecule has 0 bridgehead atoms. The number of halogens is 3. The lowest BCUT2D eigenvalue weighted by Gasteiger charge is -2.31. The van der Waals surface area contributed by atoms with E-state index in [4.69, 9.17) is 0 Å². The average molecular weight is 643 g/mol. The van der Waals surface area contributed by atoms with Crippen LogP contribution in [0.3, 0.4) is 0 Å². The molecule has 0 radical (unpaired) electrons. The number of likely N-dealkylation sites (tertiary alicyclic amines) is 1. The first kappa shape index (κ1) is 31.7. The van der Waals surface area contributed by atoms with Gasteiger partial charge in [-0.1, -0.05) is 12.1 Å². The molecule has 11 nitrogen and oxygen atoms in total. The number of hydrogen-bond donors (Lipinski definition) is 3. The van der Waals surface area contributed by atoms with Gasteiger partial charge < -0.3 is 15.5 Å². The monoisotopic (exact) mass is 642 g/mol. The van der Waals surface area contributed by atoms with Crippen LogP contribution in [0.2, 0.25) is 0 Å². The van der Waals surface area contributed by atoms with Gasteiger partial charge in [0.15, 0.2) is 5.65 Å². The number of rotatable bonds is 8. The van der Waals surface area contributed by atoms with Gasteiger partial charge in [-0.2, -0.15) is 28.5 Å². The fourth-order valence-corrected chi connectivity index (χ4v) is 5.92. The van der Waals surface area contributed by atoms with Crippen molar-refractivity contribution in [3.8, 4) is 34.1 Å². The number of hydrogen-bond acceptors (Lipinski definition) is 7. The number of carbonyl (C=O) groups is 1. The number of urea groups is 1. The third-order valence-electron chi connectivity index (χ3n) is 8.46. The van der Waals surface area contributed by atoms with E-state index >= 15 is 0 Å². The van der Waals surface area contributed by atoms with Crippen LogP contribution in [0.25, 0.3) is 33.7 Å². The van der Waals surface area contributed by atoms with Crippen LogP contribution in [0.1, 0.15) is 29.5 Å². The Hall–Kier alpha value is -5.26. The largest absolute Gasteiger partial charge is 0.416 e. The summed E-state index contributed by atoms with van der Waals surface area (Å²) >= 11 is 0. The van der Waals surface area contributed by atoms with Crippen LogP contribution in [0, 0.1) is 18.3 Å². The number of nitriles is 1. The highest BCUT2D eigenvalue weighted by atomic mass is 19.4. The molecule has 14 heteroatoms.